The van der Waals surface area contributed by atoms with Crippen LogP contribution in [-0.2, 0) is 0 Å². The van der Waals surface area contributed by atoms with Gasteiger partial charge in [0.25, 0.3) is 0 Å². The summed E-state index contributed by atoms with van der Waals surface area (Å²) >= 11 is 0. The van der Waals surface area contributed by atoms with Gasteiger partial charge in [-0.05, 0) is 43.3 Å². The van der Waals surface area contributed by atoms with E-state index in [0.717, 1.165) is 6.07 Å². The van der Waals surface area contributed by atoms with Crippen LogP contribution >= 0.6 is 0 Å². The van der Waals surface area contributed by atoms with E-state index in [0.29, 0.717) is 11.3 Å². The van der Waals surface area contributed by atoms with Gasteiger partial charge in [-0.3, -0.25) is 19.7 Å². The van der Waals surface area contributed by atoms with Crippen LogP contribution < -0.4 is 10.5 Å². The summed E-state index contributed by atoms with van der Waals surface area (Å²) in [5, 5.41) is 11.1. The van der Waals surface area contributed by atoms with Crippen molar-refractivity contribution >= 4 is 17.4 Å². The molecule has 2 aromatic carbocycles. The molecule has 0 aliphatic rings. The second-order valence-electron chi connectivity index (χ2n) is 4.49. The first-order chi connectivity index (χ1) is 10.4. The molecule has 1 amide bonds. The summed E-state index contributed by atoms with van der Waals surface area (Å²) in [7, 11) is 0. The van der Waals surface area contributed by atoms with E-state index in [1.807, 2.05) is 0 Å². The normalized spacial score (nSPS) is 10.0. The first-order valence-electron chi connectivity index (χ1n) is 6.25. The highest BCUT2D eigenvalue weighted by atomic mass is 16.6. The molecule has 2 rings (SSSR count). The number of primary amides is 1. The van der Waals surface area contributed by atoms with Gasteiger partial charge >= 0.3 is 5.69 Å². The number of benzene rings is 2. The number of nitro groups is 1. The van der Waals surface area contributed by atoms with Crippen LogP contribution in [-0.4, -0.2) is 16.6 Å². The van der Waals surface area contributed by atoms with Crippen molar-refractivity contribution in [3.8, 4) is 11.5 Å². The zero-order chi connectivity index (χ0) is 16.3. The molecule has 2 aromatic rings. The summed E-state index contributed by atoms with van der Waals surface area (Å²) in [5.41, 5.74) is 5.25. The molecule has 7 nitrogen and oxygen atoms in total. The Kier molecular flexibility index (Phi) is 4.17. The fourth-order valence-electron chi connectivity index (χ4n) is 1.78. The number of ether oxygens (including phenoxy) is 1. The number of amides is 1. The Bertz CT molecular complexity index is 753. The lowest BCUT2D eigenvalue weighted by atomic mass is 10.1. The van der Waals surface area contributed by atoms with Gasteiger partial charge < -0.3 is 10.5 Å². The van der Waals surface area contributed by atoms with Gasteiger partial charge in [-0.15, -0.1) is 0 Å². The summed E-state index contributed by atoms with van der Waals surface area (Å²) in [6.45, 7) is 1.43. The highest BCUT2D eigenvalue weighted by Crippen LogP contribution is 2.32. The molecule has 0 spiro atoms. The van der Waals surface area contributed by atoms with E-state index < -0.39 is 10.8 Å². The van der Waals surface area contributed by atoms with Gasteiger partial charge in [0.1, 0.15) is 5.75 Å². The first kappa shape index (κ1) is 15.2. The molecule has 22 heavy (non-hydrogen) atoms. The lowest BCUT2D eigenvalue weighted by Crippen LogP contribution is -2.11. The average molecular weight is 300 g/mol. The molecule has 7 heteroatoms. The zero-order valence-electron chi connectivity index (χ0n) is 11.6. The van der Waals surface area contributed by atoms with Crippen LogP contribution in [0, 0.1) is 10.1 Å². The number of ketones is 1. The Morgan fingerprint density at radius 2 is 1.68 bits per heavy atom. The van der Waals surface area contributed by atoms with Gasteiger partial charge in [0, 0.05) is 17.2 Å². The molecule has 0 radical (unpaired) electrons. The summed E-state index contributed by atoms with van der Waals surface area (Å²) in [6, 6.07) is 9.88. The van der Waals surface area contributed by atoms with E-state index in [4.69, 9.17) is 10.5 Å². The number of nitro benzene ring substituents is 1. The van der Waals surface area contributed by atoms with Gasteiger partial charge in [0.15, 0.2) is 5.78 Å². The maximum Gasteiger partial charge on any atom is 0.312 e. The largest absolute Gasteiger partial charge is 0.450 e. The number of nitrogens with zero attached hydrogens (tertiary/aromatic N) is 1. The maximum absolute atomic E-state index is 11.2. The SMILES string of the molecule is CC(=O)c1ccc(Oc2ccc(C(N)=O)cc2[N+](=O)[O-])cc1. The molecule has 0 saturated carbocycles. The van der Waals surface area contributed by atoms with Crippen molar-refractivity contribution in [2.24, 2.45) is 5.73 Å². The monoisotopic (exact) mass is 300 g/mol. The van der Waals surface area contributed by atoms with E-state index in [9.17, 15) is 19.7 Å². The number of carbonyl (C=O) groups is 2. The Balaban J connectivity index is 2.34. The van der Waals surface area contributed by atoms with Crippen LogP contribution in [0.5, 0.6) is 11.5 Å². The molecular weight excluding hydrogens is 288 g/mol. The maximum atomic E-state index is 11.2. The highest BCUT2D eigenvalue weighted by molar-refractivity contribution is 5.94. The van der Waals surface area contributed by atoms with Crippen molar-refractivity contribution < 1.29 is 19.2 Å². The van der Waals surface area contributed by atoms with Crippen molar-refractivity contribution in [2.45, 2.75) is 6.92 Å². The lowest BCUT2D eigenvalue weighted by Gasteiger charge is -2.07. The first-order valence-corrected chi connectivity index (χ1v) is 6.25. The molecule has 0 unspecified atom stereocenters. The lowest BCUT2D eigenvalue weighted by molar-refractivity contribution is -0.385. The third kappa shape index (κ3) is 3.26. The van der Waals surface area contributed by atoms with Crippen LogP contribution in [0.3, 0.4) is 0 Å². The number of carbonyl (C=O) groups excluding carboxylic acids is 2. The fraction of sp³-hybridized carbons (Fsp3) is 0.0667. The Morgan fingerprint density at radius 3 is 2.18 bits per heavy atom. The van der Waals surface area contributed by atoms with Gasteiger partial charge in [0.2, 0.25) is 11.7 Å². The van der Waals surface area contributed by atoms with Gasteiger partial charge in [-0.2, -0.15) is 0 Å². The Hall–Kier alpha value is -3.22. The molecule has 0 aliphatic heterocycles. The van der Waals surface area contributed by atoms with Crippen molar-refractivity contribution in [3.05, 3.63) is 63.7 Å². The smallest absolute Gasteiger partial charge is 0.312 e. The molecule has 0 aliphatic carbocycles. The molecule has 0 aromatic heterocycles. The molecule has 0 heterocycles. The van der Waals surface area contributed by atoms with Gasteiger partial charge in [0.05, 0.1) is 4.92 Å². The minimum atomic E-state index is -0.763. The Labute approximate surface area is 125 Å². The molecule has 2 N–H and O–H groups in total. The third-order valence-corrected chi connectivity index (χ3v) is 2.93. The molecular formula is C15H12N2O5. The predicted molar refractivity (Wildman–Crippen MR) is 78.1 cm³/mol. The topological polar surface area (TPSA) is 113 Å². The van der Waals surface area contributed by atoms with Gasteiger partial charge in [-0.1, -0.05) is 0 Å². The van der Waals surface area contributed by atoms with Crippen molar-refractivity contribution in [3.63, 3.8) is 0 Å². The molecule has 0 fully saturated rings. The minimum absolute atomic E-state index is 0.0194. The van der Waals surface area contributed by atoms with Crippen LogP contribution in [0.1, 0.15) is 27.6 Å². The number of nitrogens with two attached hydrogens (primary N) is 1. The molecule has 0 saturated heterocycles. The average Bonchev–Trinajstić information content (AvgIpc) is 2.47. The van der Waals surface area contributed by atoms with Crippen molar-refractivity contribution in [1.29, 1.82) is 0 Å². The summed E-state index contributed by atoms with van der Waals surface area (Å²) < 4.78 is 5.44. The third-order valence-electron chi connectivity index (χ3n) is 2.93. The number of hydrogen-bond donors (Lipinski definition) is 1. The second kappa shape index (κ2) is 6.04. The Morgan fingerprint density at radius 1 is 1.09 bits per heavy atom. The van der Waals surface area contributed by atoms with Crippen LogP contribution in [0.25, 0.3) is 0 Å². The number of hydrogen-bond acceptors (Lipinski definition) is 5. The summed E-state index contributed by atoms with van der Waals surface area (Å²) in [6.07, 6.45) is 0. The van der Waals surface area contributed by atoms with Crippen LogP contribution in [0.15, 0.2) is 42.5 Å². The summed E-state index contributed by atoms with van der Waals surface area (Å²) in [5.74, 6) is -0.547. The number of Topliss-reactive ketones (excluding diaryl/α,β-unsaturated/α-hetero) is 1. The van der Waals surface area contributed by atoms with E-state index >= 15 is 0 Å². The van der Waals surface area contributed by atoms with E-state index in [-0.39, 0.29) is 22.8 Å². The van der Waals surface area contributed by atoms with Crippen LogP contribution in [0.2, 0.25) is 0 Å². The second-order valence-corrected chi connectivity index (χ2v) is 4.49. The quantitative estimate of drug-likeness (QED) is 0.518. The minimum Gasteiger partial charge on any atom is -0.450 e. The zero-order valence-corrected chi connectivity index (χ0v) is 11.6. The predicted octanol–water partition coefficient (Wildman–Crippen LogP) is 2.69. The van der Waals surface area contributed by atoms with Crippen molar-refractivity contribution in [1.82, 2.24) is 0 Å². The van der Waals surface area contributed by atoms with E-state index in [2.05, 4.69) is 0 Å². The molecule has 112 valence electrons. The van der Waals surface area contributed by atoms with Crippen molar-refractivity contribution in [2.75, 3.05) is 0 Å². The van der Waals surface area contributed by atoms with E-state index in [1.54, 1.807) is 12.1 Å². The molecule has 0 bridgehead atoms. The van der Waals surface area contributed by atoms with Gasteiger partial charge in [-0.25, -0.2) is 0 Å². The van der Waals surface area contributed by atoms with E-state index in [1.165, 1.54) is 31.2 Å². The summed E-state index contributed by atoms with van der Waals surface area (Å²) in [4.78, 5) is 32.7. The highest BCUT2D eigenvalue weighted by Gasteiger charge is 2.18. The standard InChI is InChI=1S/C15H12N2O5/c1-9(18)10-2-5-12(6-3-10)22-14-7-4-11(15(16)19)8-13(14)17(20)21/h2-8H,1H3,(H2,16,19). The molecule has 0 atom stereocenters. The number of rotatable bonds is 5. The van der Waals surface area contributed by atoms with Crippen LogP contribution in [0.4, 0.5) is 5.69 Å². The fourth-order valence-corrected chi connectivity index (χ4v) is 1.78.